The zero-order chi connectivity index (χ0) is 14.3. The minimum atomic E-state index is -3.38. The van der Waals surface area contributed by atoms with Gasteiger partial charge in [-0.15, -0.1) is 0 Å². The molecule has 1 atom stereocenters. The van der Waals surface area contributed by atoms with Gasteiger partial charge in [0.25, 0.3) is 0 Å². The van der Waals surface area contributed by atoms with Crippen LogP contribution in [0.25, 0.3) is 0 Å². The molecule has 0 saturated carbocycles. The fourth-order valence-corrected chi connectivity index (χ4v) is 2.75. The highest BCUT2D eigenvalue weighted by molar-refractivity contribution is 7.89. The molecule has 0 aromatic heterocycles. The predicted octanol–water partition coefficient (Wildman–Crippen LogP) is 1.52. The molecule has 0 saturated heterocycles. The maximum absolute atomic E-state index is 11.9. The van der Waals surface area contributed by atoms with Crippen LogP contribution in [0, 0.1) is 0 Å². The molecule has 108 valence electrons. The Morgan fingerprint density at radius 3 is 2.32 bits per heavy atom. The molecule has 0 aliphatic rings. The van der Waals surface area contributed by atoms with E-state index in [4.69, 9.17) is 5.73 Å². The van der Waals surface area contributed by atoms with Crippen molar-refractivity contribution in [3.05, 3.63) is 24.3 Å². The van der Waals surface area contributed by atoms with Crippen LogP contribution in [-0.2, 0) is 10.0 Å². The molecule has 1 aromatic carbocycles. The van der Waals surface area contributed by atoms with Crippen molar-refractivity contribution >= 4 is 15.7 Å². The first kappa shape index (κ1) is 15.9. The van der Waals surface area contributed by atoms with E-state index in [1.54, 1.807) is 24.3 Å². The molecule has 4 N–H and O–H groups in total. The smallest absolute Gasteiger partial charge is 0.240 e. The van der Waals surface area contributed by atoms with Gasteiger partial charge in [0.15, 0.2) is 0 Å². The van der Waals surface area contributed by atoms with Crippen LogP contribution in [0.2, 0.25) is 0 Å². The summed E-state index contributed by atoms with van der Waals surface area (Å²) in [7, 11) is -3.38. The van der Waals surface area contributed by atoms with Gasteiger partial charge in [-0.25, -0.2) is 13.1 Å². The van der Waals surface area contributed by atoms with Crippen LogP contribution in [0.1, 0.15) is 26.7 Å². The molecular weight excluding hydrogens is 262 g/mol. The molecule has 0 fully saturated rings. The van der Waals surface area contributed by atoms with Crippen LogP contribution in [0.3, 0.4) is 0 Å². The lowest BCUT2D eigenvalue weighted by atomic mass is 10.2. The lowest BCUT2D eigenvalue weighted by Gasteiger charge is -2.16. The van der Waals surface area contributed by atoms with Gasteiger partial charge >= 0.3 is 0 Å². The van der Waals surface area contributed by atoms with Crippen molar-refractivity contribution in [2.24, 2.45) is 5.73 Å². The Labute approximate surface area is 115 Å². The molecule has 1 unspecified atom stereocenters. The summed E-state index contributed by atoms with van der Waals surface area (Å²) in [5, 5.41) is 3.26. The summed E-state index contributed by atoms with van der Waals surface area (Å²) < 4.78 is 26.3. The molecular formula is C13H23N3O2S. The maximum Gasteiger partial charge on any atom is 0.240 e. The van der Waals surface area contributed by atoms with E-state index in [2.05, 4.69) is 17.0 Å². The summed E-state index contributed by atoms with van der Waals surface area (Å²) >= 11 is 0. The number of rotatable bonds is 8. The Morgan fingerprint density at radius 1 is 1.21 bits per heavy atom. The molecule has 0 amide bonds. The highest BCUT2D eigenvalue weighted by Crippen LogP contribution is 2.15. The van der Waals surface area contributed by atoms with Gasteiger partial charge in [-0.1, -0.05) is 13.8 Å². The van der Waals surface area contributed by atoms with Crippen LogP contribution in [0.4, 0.5) is 5.69 Å². The van der Waals surface area contributed by atoms with Gasteiger partial charge in [0.1, 0.15) is 0 Å². The highest BCUT2D eigenvalue weighted by atomic mass is 32.2. The molecule has 0 bridgehead atoms. The minimum Gasteiger partial charge on any atom is -0.381 e. The van der Waals surface area contributed by atoms with Gasteiger partial charge in [-0.05, 0) is 37.1 Å². The third-order valence-corrected chi connectivity index (χ3v) is 4.33. The third-order valence-electron chi connectivity index (χ3n) is 2.85. The molecule has 0 aliphatic heterocycles. The van der Waals surface area contributed by atoms with Gasteiger partial charge in [-0.2, -0.15) is 0 Å². The molecule has 19 heavy (non-hydrogen) atoms. The van der Waals surface area contributed by atoms with E-state index in [-0.39, 0.29) is 10.9 Å². The Kier molecular flexibility index (Phi) is 6.27. The molecule has 1 rings (SSSR count). The van der Waals surface area contributed by atoms with Gasteiger partial charge in [0, 0.05) is 24.8 Å². The van der Waals surface area contributed by atoms with Crippen molar-refractivity contribution in [1.29, 1.82) is 0 Å². The number of nitrogens with one attached hydrogen (secondary N) is 2. The van der Waals surface area contributed by atoms with E-state index < -0.39 is 10.0 Å². The fourth-order valence-electron chi connectivity index (χ4n) is 1.61. The van der Waals surface area contributed by atoms with Crippen molar-refractivity contribution in [2.45, 2.75) is 37.6 Å². The zero-order valence-corrected chi connectivity index (χ0v) is 12.3. The van der Waals surface area contributed by atoms with Gasteiger partial charge < -0.3 is 11.1 Å². The number of hydrogen-bond donors (Lipinski definition) is 3. The standard InChI is InChI=1S/C13H23N3O2S/c1-3-9-15-19(17,18)13-7-5-12(6-8-13)16-11(4-2)10-14/h5-8,11,15-16H,3-4,9-10,14H2,1-2H3. The van der Waals surface area contributed by atoms with Crippen LogP contribution < -0.4 is 15.8 Å². The Morgan fingerprint density at radius 2 is 1.84 bits per heavy atom. The molecule has 0 heterocycles. The molecule has 6 heteroatoms. The van der Waals surface area contributed by atoms with Crippen LogP contribution in [-0.4, -0.2) is 27.5 Å². The number of nitrogens with two attached hydrogens (primary N) is 1. The fraction of sp³-hybridized carbons (Fsp3) is 0.538. The van der Waals surface area contributed by atoms with E-state index in [1.165, 1.54) is 0 Å². The normalized spacial score (nSPS) is 13.2. The number of sulfonamides is 1. The number of benzene rings is 1. The topological polar surface area (TPSA) is 84.2 Å². The summed E-state index contributed by atoms with van der Waals surface area (Å²) in [5.41, 5.74) is 6.50. The largest absolute Gasteiger partial charge is 0.381 e. The average Bonchev–Trinajstić information content (AvgIpc) is 2.43. The Bertz CT molecular complexity index is 467. The Hall–Kier alpha value is -1.11. The average molecular weight is 285 g/mol. The second-order valence-electron chi connectivity index (χ2n) is 4.41. The van der Waals surface area contributed by atoms with Crippen molar-refractivity contribution in [2.75, 3.05) is 18.4 Å². The second-order valence-corrected chi connectivity index (χ2v) is 6.17. The lowest BCUT2D eigenvalue weighted by molar-refractivity contribution is 0.581. The summed E-state index contributed by atoms with van der Waals surface area (Å²) in [6, 6.07) is 6.94. The maximum atomic E-state index is 11.9. The van der Waals surface area contributed by atoms with Gasteiger partial charge in [-0.3, -0.25) is 0 Å². The molecule has 0 spiro atoms. The van der Waals surface area contributed by atoms with Crippen molar-refractivity contribution < 1.29 is 8.42 Å². The highest BCUT2D eigenvalue weighted by Gasteiger charge is 2.12. The molecule has 0 aliphatic carbocycles. The molecule has 1 aromatic rings. The summed E-state index contributed by atoms with van der Waals surface area (Å²) in [4.78, 5) is 0.285. The summed E-state index contributed by atoms with van der Waals surface area (Å²) in [6.45, 7) is 4.98. The lowest BCUT2D eigenvalue weighted by Crippen LogP contribution is -2.28. The van der Waals surface area contributed by atoms with Crippen LogP contribution in [0.5, 0.6) is 0 Å². The van der Waals surface area contributed by atoms with E-state index in [9.17, 15) is 8.42 Å². The first-order valence-corrected chi connectivity index (χ1v) is 8.08. The summed E-state index contributed by atoms with van der Waals surface area (Å²) in [5.74, 6) is 0. The molecule has 5 nitrogen and oxygen atoms in total. The summed E-state index contributed by atoms with van der Waals surface area (Å²) in [6.07, 6.45) is 1.70. The van der Waals surface area contributed by atoms with Crippen molar-refractivity contribution in [3.63, 3.8) is 0 Å². The first-order valence-electron chi connectivity index (χ1n) is 6.59. The quantitative estimate of drug-likeness (QED) is 0.676. The van der Waals surface area contributed by atoms with E-state index in [1.807, 2.05) is 6.92 Å². The van der Waals surface area contributed by atoms with Crippen molar-refractivity contribution in [3.8, 4) is 0 Å². The first-order chi connectivity index (χ1) is 9.03. The number of anilines is 1. The second kappa shape index (κ2) is 7.47. The minimum absolute atomic E-state index is 0.209. The monoisotopic (exact) mass is 285 g/mol. The van der Waals surface area contributed by atoms with Gasteiger partial charge in [0.2, 0.25) is 10.0 Å². The zero-order valence-electron chi connectivity index (χ0n) is 11.5. The van der Waals surface area contributed by atoms with Crippen LogP contribution >= 0.6 is 0 Å². The number of hydrogen-bond acceptors (Lipinski definition) is 4. The third kappa shape index (κ3) is 4.81. The Balaban J connectivity index is 2.76. The predicted molar refractivity (Wildman–Crippen MR) is 78.7 cm³/mol. The molecule has 0 radical (unpaired) electrons. The van der Waals surface area contributed by atoms with E-state index in [0.29, 0.717) is 13.1 Å². The van der Waals surface area contributed by atoms with Gasteiger partial charge in [0.05, 0.1) is 4.90 Å². The van der Waals surface area contributed by atoms with Crippen molar-refractivity contribution in [1.82, 2.24) is 4.72 Å². The van der Waals surface area contributed by atoms with Crippen LogP contribution in [0.15, 0.2) is 29.2 Å². The van der Waals surface area contributed by atoms with E-state index >= 15 is 0 Å². The van der Waals surface area contributed by atoms with E-state index in [0.717, 1.165) is 18.5 Å². The SMILES string of the molecule is CCCNS(=O)(=O)c1ccc(NC(CC)CN)cc1.